The molecule has 0 bridgehead atoms. The molecule has 2 unspecified atom stereocenters. The smallest absolute Gasteiger partial charge is 0.123 e. The molecule has 0 amide bonds. The van der Waals surface area contributed by atoms with Gasteiger partial charge in [0.15, 0.2) is 0 Å². The van der Waals surface area contributed by atoms with Gasteiger partial charge in [0, 0.05) is 5.75 Å². The maximum absolute atomic E-state index is 9.58. The Morgan fingerprint density at radius 1 is 1.23 bits per heavy atom. The lowest BCUT2D eigenvalue weighted by atomic mass is 10.0. The van der Waals surface area contributed by atoms with E-state index in [1.807, 2.05) is 0 Å². The van der Waals surface area contributed by atoms with Crippen LogP contribution in [0.25, 0.3) is 0 Å². The molecule has 1 saturated carbocycles. The first-order chi connectivity index (χ1) is 6.24. The molecule has 0 radical (unpaired) electrons. The molecule has 0 aromatic rings. The number of aliphatic hydroxyl groups excluding tert-OH is 2. The summed E-state index contributed by atoms with van der Waals surface area (Å²) in [6.07, 6.45) is 3.24. The molecule has 1 rings (SSSR count). The van der Waals surface area contributed by atoms with Gasteiger partial charge in [0.25, 0.3) is 0 Å². The van der Waals surface area contributed by atoms with E-state index in [2.05, 4.69) is 24.5 Å². The summed E-state index contributed by atoms with van der Waals surface area (Å²) >= 11 is 3.89. The maximum atomic E-state index is 9.58. The standard InChI is InChI=1S/C10H16O2S/c11-9(7-13)5-6-10(12)8-3-1-2-4-8/h8-13H,1-4,7H2. The maximum Gasteiger partial charge on any atom is 0.123 e. The fourth-order valence-corrected chi connectivity index (χ4v) is 1.71. The zero-order chi connectivity index (χ0) is 9.68. The van der Waals surface area contributed by atoms with Crippen molar-refractivity contribution in [1.82, 2.24) is 0 Å². The highest BCUT2D eigenvalue weighted by atomic mass is 32.1. The molecule has 1 fully saturated rings. The van der Waals surface area contributed by atoms with Gasteiger partial charge in [-0.3, -0.25) is 0 Å². The average Bonchev–Trinajstić information content (AvgIpc) is 2.66. The summed E-state index contributed by atoms with van der Waals surface area (Å²) < 4.78 is 0. The minimum absolute atomic E-state index is 0.319. The number of aliphatic hydroxyl groups is 2. The quantitative estimate of drug-likeness (QED) is 0.456. The van der Waals surface area contributed by atoms with Crippen molar-refractivity contribution >= 4 is 12.6 Å². The normalized spacial score (nSPS) is 22.1. The summed E-state index contributed by atoms with van der Waals surface area (Å²) in [5.74, 6) is 5.91. The first-order valence-corrected chi connectivity index (χ1v) is 5.35. The molecule has 0 spiro atoms. The van der Waals surface area contributed by atoms with E-state index in [0.29, 0.717) is 11.7 Å². The topological polar surface area (TPSA) is 40.5 Å². The number of hydrogen-bond donors (Lipinski definition) is 3. The van der Waals surface area contributed by atoms with Crippen LogP contribution in [-0.2, 0) is 0 Å². The largest absolute Gasteiger partial charge is 0.380 e. The molecule has 0 heterocycles. The van der Waals surface area contributed by atoms with E-state index in [4.69, 9.17) is 5.11 Å². The second-order valence-corrected chi connectivity index (χ2v) is 3.84. The van der Waals surface area contributed by atoms with Crippen LogP contribution < -0.4 is 0 Å². The SMILES string of the molecule is OC(C#CC(O)C1CCCC1)CS. The minimum Gasteiger partial charge on any atom is -0.380 e. The highest BCUT2D eigenvalue weighted by Gasteiger charge is 2.21. The second kappa shape index (κ2) is 5.54. The summed E-state index contributed by atoms with van der Waals surface area (Å²) in [6.45, 7) is 0. The summed E-state index contributed by atoms with van der Waals surface area (Å²) in [5, 5.41) is 18.7. The van der Waals surface area contributed by atoms with Crippen LogP contribution in [0.1, 0.15) is 25.7 Å². The summed E-state index contributed by atoms with van der Waals surface area (Å²) in [7, 11) is 0. The van der Waals surface area contributed by atoms with Crippen LogP contribution in [0.4, 0.5) is 0 Å². The van der Waals surface area contributed by atoms with E-state index in [1.165, 1.54) is 12.8 Å². The number of hydrogen-bond acceptors (Lipinski definition) is 3. The van der Waals surface area contributed by atoms with Crippen molar-refractivity contribution in [2.24, 2.45) is 5.92 Å². The Labute approximate surface area is 84.8 Å². The van der Waals surface area contributed by atoms with Gasteiger partial charge in [-0.25, -0.2) is 0 Å². The second-order valence-electron chi connectivity index (χ2n) is 3.48. The van der Waals surface area contributed by atoms with Crippen LogP contribution >= 0.6 is 12.6 Å². The Balaban J connectivity index is 2.36. The van der Waals surface area contributed by atoms with Crippen LogP contribution in [0.3, 0.4) is 0 Å². The third-order valence-corrected chi connectivity index (χ3v) is 2.76. The van der Waals surface area contributed by atoms with Gasteiger partial charge in [-0.15, -0.1) is 0 Å². The summed E-state index contributed by atoms with van der Waals surface area (Å²) in [5.41, 5.74) is 0. The number of thiol groups is 1. The molecule has 0 aromatic carbocycles. The van der Waals surface area contributed by atoms with Gasteiger partial charge in [0.05, 0.1) is 0 Å². The van der Waals surface area contributed by atoms with E-state index in [1.54, 1.807) is 0 Å². The van der Waals surface area contributed by atoms with Crippen LogP contribution in [0.15, 0.2) is 0 Å². The molecule has 3 heteroatoms. The molecule has 1 aliphatic rings. The Bertz CT molecular complexity index is 201. The van der Waals surface area contributed by atoms with Crippen LogP contribution in [0, 0.1) is 17.8 Å². The predicted octanol–water partition coefficient (Wildman–Crippen LogP) is 0.832. The lowest BCUT2D eigenvalue weighted by Gasteiger charge is -2.10. The highest BCUT2D eigenvalue weighted by molar-refractivity contribution is 7.80. The van der Waals surface area contributed by atoms with Crippen molar-refractivity contribution < 1.29 is 10.2 Å². The zero-order valence-electron chi connectivity index (χ0n) is 7.61. The monoisotopic (exact) mass is 200 g/mol. The fourth-order valence-electron chi connectivity index (χ4n) is 1.62. The molecular weight excluding hydrogens is 184 g/mol. The van der Waals surface area contributed by atoms with Gasteiger partial charge in [-0.2, -0.15) is 12.6 Å². The number of rotatable bonds is 2. The molecule has 13 heavy (non-hydrogen) atoms. The Hall–Kier alpha value is -0.170. The average molecular weight is 200 g/mol. The zero-order valence-corrected chi connectivity index (χ0v) is 8.50. The molecule has 2 atom stereocenters. The summed E-state index contributed by atoms with van der Waals surface area (Å²) in [4.78, 5) is 0. The Morgan fingerprint density at radius 3 is 2.38 bits per heavy atom. The first kappa shape index (κ1) is 10.9. The van der Waals surface area contributed by atoms with Crippen LogP contribution in [0.5, 0.6) is 0 Å². The van der Waals surface area contributed by atoms with Crippen molar-refractivity contribution in [1.29, 1.82) is 0 Å². The Morgan fingerprint density at radius 2 is 1.85 bits per heavy atom. The third kappa shape index (κ3) is 3.60. The highest BCUT2D eigenvalue weighted by Crippen LogP contribution is 2.27. The predicted molar refractivity (Wildman–Crippen MR) is 55.6 cm³/mol. The van der Waals surface area contributed by atoms with Crippen molar-refractivity contribution in [2.75, 3.05) is 5.75 Å². The fraction of sp³-hybridized carbons (Fsp3) is 0.800. The van der Waals surface area contributed by atoms with Gasteiger partial charge in [0.1, 0.15) is 12.2 Å². The van der Waals surface area contributed by atoms with Crippen molar-refractivity contribution in [3.8, 4) is 11.8 Å². The van der Waals surface area contributed by atoms with E-state index < -0.39 is 12.2 Å². The van der Waals surface area contributed by atoms with E-state index in [0.717, 1.165) is 12.8 Å². The van der Waals surface area contributed by atoms with Crippen molar-refractivity contribution in [3.05, 3.63) is 0 Å². The van der Waals surface area contributed by atoms with Gasteiger partial charge >= 0.3 is 0 Å². The van der Waals surface area contributed by atoms with E-state index >= 15 is 0 Å². The van der Waals surface area contributed by atoms with Crippen LogP contribution in [-0.4, -0.2) is 28.2 Å². The molecule has 0 aromatic heterocycles. The van der Waals surface area contributed by atoms with Gasteiger partial charge < -0.3 is 10.2 Å². The minimum atomic E-state index is -0.709. The lowest BCUT2D eigenvalue weighted by Crippen LogP contribution is -2.16. The Kier molecular flexibility index (Phi) is 4.65. The van der Waals surface area contributed by atoms with Crippen LogP contribution in [0.2, 0.25) is 0 Å². The third-order valence-electron chi connectivity index (χ3n) is 2.42. The molecule has 2 nitrogen and oxygen atoms in total. The molecule has 0 saturated heterocycles. The van der Waals surface area contributed by atoms with E-state index in [9.17, 15) is 5.11 Å². The summed E-state index contributed by atoms with van der Waals surface area (Å²) in [6, 6.07) is 0. The van der Waals surface area contributed by atoms with Gasteiger partial charge in [0.2, 0.25) is 0 Å². The molecule has 0 aliphatic heterocycles. The first-order valence-electron chi connectivity index (χ1n) is 4.72. The van der Waals surface area contributed by atoms with Gasteiger partial charge in [-0.1, -0.05) is 24.7 Å². The van der Waals surface area contributed by atoms with Crippen molar-refractivity contribution in [3.63, 3.8) is 0 Å². The van der Waals surface area contributed by atoms with E-state index in [-0.39, 0.29) is 0 Å². The molecular formula is C10H16O2S. The molecule has 1 aliphatic carbocycles. The van der Waals surface area contributed by atoms with Crippen molar-refractivity contribution in [2.45, 2.75) is 37.9 Å². The van der Waals surface area contributed by atoms with Gasteiger partial charge in [-0.05, 0) is 18.8 Å². The molecule has 2 N–H and O–H groups in total. The molecule has 74 valence electrons. The lowest BCUT2D eigenvalue weighted by molar-refractivity contribution is 0.164.